The Morgan fingerprint density at radius 3 is 2.67 bits per heavy atom. The lowest BCUT2D eigenvalue weighted by Gasteiger charge is -2.21. The number of benzene rings is 3. The van der Waals surface area contributed by atoms with Gasteiger partial charge in [-0.05, 0) is 64.1 Å². The molecule has 2 aliphatic carbocycles. The Morgan fingerprint density at radius 2 is 1.78 bits per heavy atom. The van der Waals surface area contributed by atoms with Crippen LogP contribution in [0.15, 0.2) is 60.7 Å². The third-order valence-electron chi connectivity index (χ3n) is 5.75. The summed E-state index contributed by atoms with van der Waals surface area (Å²) in [7, 11) is 0. The second kappa shape index (κ2) is 6.31. The first-order chi connectivity index (χ1) is 13.2. The standard InChI is InChI=1S/C25H19FO/c26-20-6-3-5-18(14-20)25(27)19-9-8-17-11-12-22-21-7-2-1-4-16(21)10-13-23(22)24(17)15-19/h1-7,11-15,19H,8-10H2. The third kappa shape index (κ3) is 2.73. The molecule has 0 N–H and O–H groups in total. The average Bonchev–Trinajstić information content (AvgIpc) is 2.72. The van der Waals surface area contributed by atoms with E-state index < -0.39 is 0 Å². The number of hydrogen-bond donors (Lipinski definition) is 0. The van der Waals surface area contributed by atoms with Gasteiger partial charge in [-0.1, -0.05) is 60.7 Å². The van der Waals surface area contributed by atoms with E-state index in [0.717, 1.165) is 19.3 Å². The van der Waals surface area contributed by atoms with Crippen molar-refractivity contribution in [2.45, 2.75) is 19.3 Å². The Kier molecular flexibility index (Phi) is 3.78. The van der Waals surface area contributed by atoms with Gasteiger partial charge in [-0.15, -0.1) is 0 Å². The molecule has 132 valence electrons. The van der Waals surface area contributed by atoms with Gasteiger partial charge in [0.05, 0.1) is 0 Å². The van der Waals surface area contributed by atoms with Crippen LogP contribution >= 0.6 is 0 Å². The van der Waals surface area contributed by atoms with Gasteiger partial charge in [0.25, 0.3) is 0 Å². The predicted molar refractivity (Wildman–Crippen MR) is 106 cm³/mol. The van der Waals surface area contributed by atoms with Crippen LogP contribution in [0.5, 0.6) is 0 Å². The average molecular weight is 354 g/mol. The van der Waals surface area contributed by atoms with E-state index in [0.29, 0.717) is 5.56 Å². The Hall–Kier alpha value is -3.00. The summed E-state index contributed by atoms with van der Waals surface area (Å²) in [5, 5.41) is 2.42. The highest BCUT2D eigenvalue weighted by atomic mass is 19.1. The lowest BCUT2D eigenvalue weighted by molar-refractivity contribution is 0.0946. The zero-order chi connectivity index (χ0) is 18.4. The second-order valence-corrected chi connectivity index (χ2v) is 7.35. The van der Waals surface area contributed by atoms with E-state index >= 15 is 0 Å². The van der Waals surface area contributed by atoms with Crippen molar-refractivity contribution in [1.82, 2.24) is 0 Å². The molecule has 3 aromatic rings. The van der Waals surface area contributed by atoms with Crippen molar-refractivity contribution in [2.24, 2.45) is 5.92 Å². The Morgan fingerprint density at radius 1 is 0.889 bits per heavy atom. The first kappa shape index (κ1) is 16.2. The summed E-state index contributed by atoms with van der Waals surface area (Å²) in [6.45, 7) is 0. The molecule has 5 rings (SSSR count). The SMILES string of the molecule is O=C(c1cccc(F)c1)C1C=c2c(ccc3c2=CCc2ccccc2-3)CC1. The molecular formula is C25H19FO. The van der Waals surface area contributed by atoms with Gasteiger partial charge >= 0.3 is 0 Å². The summed E-state index contributed by atoms with van der Waals surface area (Å²) < 4.78 is 13.5. The smallest absolute Gasteiger partial charge is 0.169 e. The van der Waals surface area contributed by atoms with Crippen molar-refractivity contribution in [1.29, 1.82) is 0 Å². The first-order valence-electron chi connectivity index (χ1n) is 9.43. The number of ketones is 1. The van der Waals surface area contributed by atoms with Gasteiger partial charge in [0.1, 0.15) is 5.82 Å². The highest BCUT2D eigenvalue weighted by Crippen LogP contribution is 2.26. The van der Waals surface area contributed by atoms with E-state index in [1.54, 1.807) is 12.1 Å². The fourth-order valence-electron chi connectivity index (χ4n) is 4.38. The number of halogens is 1. The zero-order valence-corrected chi connectivity index (χ0v) is 14.9. The van der Waals surface area contributed by atoms with E-state index in [-0.39, 0.29) is 17.5 Å². The van der Waals surface area contributed by atoms with Crippen molar-refractivity contribution < 1.29 is 9.18 Å². The Balaban J connectivity index is 1.64. The highest BCUT2D eigenvalue weighted by molar-refractivity contribution is 6.01. The van der Waals surface area contributed by atoms with Gasteiger partial charge < -0.3 is 0 Å². The molecule has 2 heteroatoms. The van der Waals surface area contributed by atoms with E-state index in [1.807, 2.05) is 0 Å². The second-order valence-electron chi connectivity index (χ2n) is 7.35. The molecule has 0 aliphatic heterocycles. The number of hydrogen-bond acceptors (Lipinski definition) is 1. The van der Waals surface area contributed by atoms with Crippen LogP contribution in [0.4, 0.5) is 4.39 Å². The first-order valence-corrected chi connectivity index (χ1v) is 9.43. The Bertz CT molecular complexity index is 1190. The lowest BCUT2D eigenvalue weighted by atomic mass is 9.82. The van der Waals surface area contributed by atoms with Crippen molar-refractivity contribution in [3.63, 3.8) is 0 Å². The predicted octanol–water partition coefficient (Wildman–Crippen LogP) is 4.06. The minimum Gasteiger partial charge on any atom is -0.294 e. The van der Waals surface area contributed by atoms with E-state index in [2.05, 4.69) is 48.6 Å². The van der Waals surface area contributed by atoms with Gasteiger partial charge in [0.2, 0.25) is 0 Å². The Labute approximate surface area is 157 Å². The molecule has 0 saturated heterocycles. The van der Waals surface area contributed by atoms with Crippen LogP contribution in [0.1, 0.15) is 27.9 Å². The molecule has 0 heterocycles. The topological polar surface area (TPSA) is 17.1 Å². The van der Waals surface area contributed by atoms with Crippen molar-refractivity contribution in [3.05, 3.63) is 93.6 Å². The van der Waals surface area contributed by atoms with Crippen molar-refractivity contribution >= 4 is 17.9 Å². The maximum Gasteiger partial charge on any atom is 0.169 e. The quantitative estimate of drug-likeness (QED) is 0.635. The molecule has 1 nitrogen and oxygen atoms in total. The zero-order valence-electron chi connectivity index (χ0n) is 14.9. The number of carbonyl (C=O) groups is 1. The van der Waals surface area contributed by atoms with Crippen LogP contribution in [-0.2, 0) is 12.8 Å². The van der Waals surface area contributed by atoms with Gasteiger partial charge in [-0.2, -0.15) is 0 Å². The van der Waals surface area contributed by atoms with Crippen molar-refractivity contribution in [3.8, 4) is 11.1 Å². The molecule has 0 spiro atoms. The maximum absolute atomic E-state index is 13.5. The van der Waals surface area contributed by atoms with Crippen LogP contribution in [0.3, 0.4) is 0 Å². The summed E-state index contributed by atoms with van der Waals surface area (Å²) in [6, 6.07) is 18.9. The van der Waals surface area contributed by atoms with Gasteiger partial charge in [-0.3, -0.25) is 4.79 Å². The minimum absolute atomic E-state index is 0.00830. The molecule has 3 aromatic carbocycles. The largest absolute Gasteiger partial charge is 0.294 e. The van der Waals surface area contributed by atoms with Crippen LogP contribution in [-0.4, -0.2) is 5.78 Å². The summed E-state index contributed by atoms with van der Waals surface area (Å²) in [4.78, 5) is 12.9. The number of rotatable bonds is 2. The fourth-order valence-corrected chi connectivity index (χ4v) is 4.38. The number of fused-ring (bicyclic) bond motifs is 5. The van der Waals surface area contributed by atoms with Crippen LogP contribution in [0.2, 0.25) is 0 Å². The van der Waals surface area contributed by atoms with Gasteiger partial charge in [-0.25, -0.2) is 4.39 Å². The minimum atomic E-state index is -0.362. The summed E-state index contributed by atoms with van der Waals surface area (Å²) in [5.41, 5.74) is 5.62. The number of aryl methyl sites for hydroxylation is 1. The fraction of sp³-hybridized carbons (Fsp3) is 0.160. The van der Waals surface area contributed by atoms with Gasteiger partial charge in [0, 0.05) is 11.5 Å². The van der Waals surface area contributed by atoms with Gasteiger partial charge in [0.15, 0.2) is 5.78 Å². The van der Waals surface area contributed by atoms with E-state index in [4.69, 9.17) is 0 Å². The molecule has 27 heavy (non-hydrogen) atoms. The van der Waals surface area contributed by atoms with E-state index in [9.17, 15) is 9.18 Å². The number of Topliss-reactive ketones (excluding diaryl/α,β-unsaturated/α-hetero) is 1. The maximum atomic E-state index is 13.5. The molecule has 2 aliphatic rings. The molecule has 1 unspecified atom stereocenters. The monoisotopic (exact) mass is 354 g/mol. The lowest BCUT2D eigenvalue weighted by Crippen LogP contribution is -2.37. The molecule has 0 aromatic heterocycles. The third-order valence-corrected chi connectivity index (χ3v) is 5.75. The highest BCUT2D eigenvalue weighted by Gasteiger charge is 2.23. The summed E-state index contributed by atoms with van der Waals surface area (Å²) in [6.07, 6.45) is 6.95. The summed E-state index contributed by atoms with van der Waals surface area (Å²) in [5.74, 6) is -0.551. The van der Waals surface area contributed by atoms with Crippen LogP contribution < -0.4 is 10.4 Å². The molecule has 1 atom stereocenters. The molecule has 0 fully saturated rings. The molecule has 0 bridgehead atoms. The molecular weight excluding hydrogens is 335 g/mol. The van der Waals surface area contributed by atoms with E-state index in [1.165, 1.54) is 44.8 Å². The normalized spacial score (nSPS) is 17.0. The molecule has 0 radical (unpaired) electrons. The summed E-state index contributed by atoms with van der Waals surface area (Å²) >= 11 is 0. The van der Waals surface area contributed by atoms with Crippen molar-refractivity contribution in [2.75, 3.05) is 0 Å². The molecule has 0 saturated carbocycles. The van der Waals surface area contributed by atoms with Crippen LogP contribution in [0.25, 0.3) is 23.3 Å². The van der Waals surface area contributed by atoms with Crippen LogP contribution in [0, 0.1) is 11.7 Å². The molecule has 0 amide bonds. The number of carbonyl (C=O) groups excluding carboxylic acids is 1.